The molecule has 1 aromatic carbocycles. The Morgan fingerprint density at radius 2 is 2.12 bits per heavy atom. The van der Waals surface area contributed by atoms with Crippen molar-refractivity contribution in [3.05, 3.63) is 29.3 Å². The van der Waals surface area contributed by atoms with Crippen molar-refractivity contribution in [2.45, 2.75) is 36.8 Å². The molecular weight excluding hydrogens is 224 g/mol. The fraction of sp³-hybridized carbons (Fsp3) is 0.417. The average Bonchev–Trinajstić information content (AvgIpc) is 2.37. The van der Waals surface area contributed by atoms with Crippen LogP contribution in [0.15, 0.2) is 23.1 Å². The highest BCUT2D eigenvalue weighted by molar-refractivity contribution is 7.92. The summed E-state index contributed by atoms with van der Waals surface area (Å²) in [5, 5.41) is -0.554. The number of hydrogen-bond donors (Lipinski definition) is 0. The molecule has 0 N–H and O–H groups in total. The zero-order chi connectivity index (χ0) is 11.9. The summed E-state index contributed by atoms with van der Waals surface area (Å²) in [7, 11) is -3.28. The van der Waals surface area contributed by atoms with Crippen LogP contribution in [-0.2, 0) is 21.1 Å². The number of rotatable bonds is 2. The summed E-state index contributed by atoms with van der Waals surface area (Å²) in [6.45, 7) is 3.37. The first kappa shape index (κ1) is 11.3. The normalized spacial score (nSPS) is 21.8. The molecule has 0 aromatic heterocycles. The summed E-state index contributed by atoms with van der Waals surface area (Å²) in [4.78, 5) is 11.4. The topological polar surface area (TPSA) is 51.2 Å². The van der Waals surface area contributed by atoms with Gasteiger partial charge in [-0.3, -0.25) is 4.79 Å². The highest BCUT2D eigenvalue weighted by Gasteiger charge is 2.37. The van der Waals surface area contributed by atoms with Crippen molar-refractivity contribution >= 4 is 15.6 Å². The van der Waals surface area contributed by atoms with Gasteiger partial charge in [0.1, 0.15) is 5.78 Å². The Labute approximate surface area is 95.4 Å². The summed E-state index contributed by atoms with van der Waals surface area (Å²) >= 11 is 0. The Morgan fingerprint density at radius 3 is 2.75 bits per heavy atom. The number of Topliss-reactive ketones (excluding diaryl/α,β-unsaturated/α-hetero) is 1. The van der Waals surface area contributed by atoms with E-state index in [2.05, 4.69) is 0 Å². The highest BCUT2D eigenvalue weighted by atomic mass is 32.2. The van der Waals surface area contributed by atoms with Gasteiger partial charge in [0.25, 0.3) is 0 Å². The number of carbonyl (C=O) groups excluding carboxylic acids is 1. The zero-order valence-corrected chi connectivity index (χ0v) is 10.2. The molecule has 1 aliphatic heterocycles. The first-order valence-electron chi connectivity index (χ1n) is 5.24. The number of hydrogen-bond acceptors (Lipinski definition) is 3. The van der Waals surface area contributed by atoms with E-state index in [9.17, 15) is 13.2 Å². The van der Waals surface area contributed by atoms with E-state index in [1.165, 1.54) is 6.92 Å². The van der Waals surface area contributed by atoms with E-state index in [4.69, 9.17) is 0 Å². The summed E-state index contributed by atoms with van der Waals surface area (Å²) in [5.74, 6) is -0.0712. The number of ketones is 1. The molecule has 3 nitrogen and oxygen atoms in total. The maximum absolute atomic E-state index is 12.1. The zero-order valence-electron chi connectivity index (χ0n) is 9.36. The molecule has 1 aromatic rings. The fourth-order valence-electron chi connectivity index (χ4n) is 2.18. The Kier molecular flexibility index (Phi) is 2.62. The molecule has 0 saturated heterocycles. The van der Waals surface area contributed by atoms with E-state index < -0.39 is 15.1 Å². The lowest BCUT2D eigenvalue weighted by Crippen LogP contribution is -2.19. The van der Waals surface area contributed by atoms with Gasteiger partial charge in [0, 0.05) is 6.42 Å². The minimum atomic E-state index is -3.28. The van der Waals surface area contributed by atoms with Gasteiger partial charge in [0.05, 0.1) is 10.1 Å². The van der Waals surface area contributed by atoms with Crippen LogP contribution in [0.1, 0.15) is 24.5 Å². The molecule has 2 rings (SSSR count). The standard InChI is InChI=1S/C12H14O3S/c1-8-3-4-12-10(5-8)7-11(6-9(2)13)16(12,14)15/h3-5,11H,6-7H2,1-2H3. The van der Waals surface area contributed by atoms with E-state index in [-0.39, 0.29) is 12.2 Å². The monoisotopic (exact) mass is 238 g/mol. The van der Waals surface area contributed by atoms with Crippen LogP contribution in [0.5, 0.6) is 0 Å². The fourth-order valence-corrected chi connectivity index (χ4v) is 4.16. The van der Waals surface area contributed by atoms with Gasteiger partial charge in [-0.1, -0.05) is 17.7 Å². The minimum absolute atomic E-state index is 0.0712. The van der Waals surface area contributed by atoms with Gasteiger partial charge in [-0.15, -0.1) is 0 Å². The molecule has 0 fully saturated rings. The maximum atomic E-state index is 12.1. The number of carbonyl (C=O) groups is 1. The number of benzene rings is 1. The molecule has 0 aliphatic carbocycles. The van der Waals surface area contributed by atoms with E-state index >= 15 is 0 Å². The molecule has 0 saturated carbocycles. The van der Waals surface area contributed by atoms with Gasteiger partial charge < -0.3 is 0 Å². The minimum Gasteiger partial charge on any atom is -0.300 e. The van der Waals surface area contributed by atoms with Crippen LogP contribution in [-0.4, -0.2) is 19.5 Å². The van der Waals surface area contributed by atoms with Crippen molar-refractivity contribution in [1.82, 2.24) is 0 Å². The van der Waals surface area contributed by atoms with E-state index in [1.54, 1.807) is 12.1 Å². The summed E-state index contributed by atoms with van der Waals surface area (Å²) in [5.41, 5.74) is 1.91. The molecule has 4 heteroatoms. The van der Waals surface area contributed by atoms with Crippen LogP contribution in [0.25, 0.3) is 0 Å². The van der Waals surface area contributed by atoms with E-state index in [0.29, 0.717) is 11.3 Å². The molecule has 1 aliphatic rings. The highest BCUT2D eigenvalue weighted by Crippen LogP contribution is 2.33. The van der Waals surface area contributed by atoms with Gasteiger partial charge in [-0.05, 0) is 31.9 Å². The van der Waals surface area contributed by atoms with Crippen LogP contribution in [0.3, 0.4) is 0 Å². The Hall–Kier alpha value is -1.16. The second-order valence-corrected chi connectivity index (χ2v) is 6.58. The molecule has 1 unspecified atom stereocenters. The van der Waals surface area contributed by atoms with Gasteiger partial charge in [-0.25, -0.2) is 8.42 Å². The molecule has 0 spiro atoms. The molecular formula is C12H14O3S. The largest absolute Gasteiger partial charge is 0.300 e. The lowest BCUT2D eigenvalue weighted by molar-refractivity contribution is -0.117. The molecule has 16 heavy (non-hydrogen) atoms. The predicted molar refractivity (Wildman–Crippen MR) is 61.2 cm³/mol. The first-order chi connectivity index (χ1) is 7.41. The Morgan fingerprint density at radius 1 is 1.44 bits per heavy atom. The van der Waals surface area contributed by atoms with Crippen LogP contribution < -0.4 is 0 Å². The van der Waals surface area contributed by atoms with Crippen molar-refractivity contribution < 1.29 is 13.2 Å². The van der Waals surface area contributed by atoms with Crippen LogP contribution in [0.2, 0.25) is 0 Å². The van der Waals surface area contributed by atoms with Gasteiger partial charge in [0.15, 0.2) is 9.84 Å². The smallest absolute Gasteiger partial charge is 0.182 e. The lowest BCUT2D eigenvalue weighted by atomic mass is 10.1. The second kappa shape index (κ2) is 3.70. The van der Waals surface area contributed by atoms with Crippen molar-refractivity contribution in [3.63, 3.8) is 0 Å². The Balaban J connectivity index is 2.45. The van der Waals surface area contributed by atoms with Crippen molar-refractivity contribution in [2.75, 3.05) is 0 Å². The van der Waals surface area contributed by atoms with Crippen molar-refractivity contribution in [3.8, 4) is 0 Å². The number of fused-ring (bicyclic) bond motifs is 1. The quantitative estimate of drug-likeness (QED) is 0.787. The third kappa shape index (κ3) is 1.78. The first-order valence-corrected chi connectivity index (χ1v) is 6.79. The molecule has 0 bridgehead atoms. The maximum Gasteiger partial charge on any atom is 0.182 e. The molecule has 86 valence electrons. The lowest BCUT2D eigenvalue weighted by Gasteiger charge is -2.05. The average molecular weight is 238 g/mol. The van der Waals surface area contributed by atoms with E-state index in [1.807, 2.05) is 13.0 Å². The molecule has 0 amide bonds. The summed E-state index contributed by atoms with van der Waals surface area (Å²) in [6.07, 6.45) is 0.592. The Bertz CT molecular complexity index is 543. The SMILES string of the molecule is CC(=O)CC1Cc2cc(C)ccc2S1(=O)=O. The summed E-state index contributed by atoms with van der Waals surface area (Å²) < 4.78 is 24.2. The predicted octanol–water partition coefficient (Wildman–Crippen LogP) is 1.67. The van der Waals surface area contributed by atoms with Crippen molar-refractivity contribution in [2.24, 2.45) is 0 Å². The molecule has 1 heterocycles. The van der Waals surface area contributed by atoms with Crippen LogP contribution >= 0.6 is 0 Å². The van der Waals surface area contributed by atoms with Crippen LogP contribution in [0, 0.1) is 6.92 Å². The van der Waals surface area contributed by atoms with Crippen LogP contribution in [0.4, 0.5) is 0 Å². The molecule has 0 radical (unpaired) electrons. The second-order valence-electron chi connectivity index (χ2n) is 4.39. The van der Waals surface area contributed by atoms with Crippen molar-refractivity contribution in [1.29, 1.82) is 0 Å². The summed E-state index contributed by atoms with van der Waals surface area (Å²) in [6, 6.07) is 5.35. The third-order valence-corrected chi connectivity index (χ3v) is 5.15. The molecule has 1 atom stereocenters. The van der Waals surface area contributed by atoms with E-state index in [0.717, 1.165) is 11.1 Å². The van der Waals surface area contributed by atoms with Gasteiger partial charge in [-0.2, -0.15) is 0 Å². The number of aryl methyl sites for hydroxylation is 1. The van der Waals surface area contributed by atoms with Gasteiger partial charge in [0.2, 0.25) is 0 Å². The van der Waals surface area contributed by atoms with Gasteiger partial charge >= 0.3 is 0 Å². The third-order valence-electron chi connectivity index (χ3n) is 2.92. The number of sulfone groups is 1.